The van der Waals surface area contributed by atoms with Gasteiger partial charge in [-0.2, -0.15) is 5.10 Å². The number of rotatable bonds is 3. The second kappa shape index (κ2) is 4.57. The Hall–Kier alpha value is -1.93. The monoisotopic (exact) mass is 294 g/mol. The van der Waals surface area contributed by atoms with Crippen molar-refractivity contribution in [3.05, 3.63) is 30.0 Å². The zero-order chi connectivity index (χ0) is 14.3. The summed E-state index contributed by atoms with van der Waals surface area (Å²) in [6, 6.07) is 5.66. The van der Waals surface area contributed by atoms with Gasteiger partial charge in [0.1, 0.15) is 5.25 Å². The number of aromatic amines is 1. The molecule has 1 amide bonds. The summed E-state index contributed by atoms with van der Waals surface area (Å²) in [6.07, 6.45) is 1.66. The summed E-state index contributed by atoms with van der Waals surface area (Å²) in [5, 5.41) is 12.1. The molecule has 0 radical (unpaired) electrons. The Morgan fingerprint density at radius 2 is 2.25 bits per heavy atom. The molecule has 1 aliphatic rings. The van der Waals surface area contributed by atoms with Gasteiger partial charge in [0.05, 0.1) is 11.7 Å². The van der Waals surface area contributed by atoms with Crippen LogP contribution < -0.4 is 5.14 Å². The van der Waals surface area contributed by atoms with Gasteiger partial charge in [-0.3, -0.25) is 9.89 Å². The minimum atomic E-state index is -3.67. The predicted octanol–water partition coefficient (Wildman–Crippen LogP) is -0.0477. The Morgan fingerprint density at radius 3 is 2.95 bits per heavy atom. The molecule has 106 valence electrons. The van der Waals surface area contributed by atoms with E-state index in [0.717, 1.165) is 16.5 Å². The molecule has 1 aromatic heterocycles. The number of sulfonamides is 1. The number of nitrogens with one attached hydrogen (secondary N) is 1. The van der Waals surface area contributed by atoms with E-state index < -0.39 is 15.3 Å². The van der Waals surface area contributed by atoms with Crippen LogP contribution in [-0.2, 0) is 21.4 Å². The zero-order valence-corrected chi connectivity index (χ0v) is 11.4. The van der Waals surface area contributed by atoms with E-state index in [2.05, 4.69) is 10.2 Å². The van der Waals surface area contributed by atoms with Crippen LogP contribution in [0.4, 0.5) is 0 Å². The summed E-state index contributed by atoms with van der Waals surface area (Å²) < 4.78 is 22.7. The number of nitrogens with zero attached hydrogens (tertiary/aromatic N) is 2. The number of hydrogen-bond donors (Lipinski definition) is 2. The number of likely N-dealkylation sites (tertiary alicyclic amines) is 1. The molecule has 0 aliphatic carbocycles. The van der Waals surface area contributed by atoms with Crippen LogP contribution >= 0.6 is 0 Å². The molecule has 3 rings (SSSR count). The van der Waals surface area contributed by atoms with E-state index in [1.54, 1.807) is 6.20 Å². The molecule has 0 bridgehead atoms. The summed E-state index contributed by atoms with van der Waals surface area (Å²) in [4.78, 5) is 13.4. The second-order valence-electron chi connectivity index (χ2n) is 4.94. The van der Waals surface area contributed by atoms with E-state index in [0.29, 0.717) is 6.54 Å². The molecule has 1 atom stereocenters. The maximum absolute atomic E-state index is 11.9. The Kier molecular flexibility index (Phi) is 2.98. The van der Waals surface area contributed by atoms with Gasteiger partial charge in [-0.05, 0) is 11.6 Å². The van der Waals surface area contributed by atoms with E-state index >= 15 is 0 Å². The number of aromatic nitrogens is 2. The summed E-state index contributed by atoms with van der Waals surface area (Å²) in [5.74, 6) is -0.190. The van der Waals surface area contributed by atoms with Crippen LogP contribution in [0.25, 0.3) is 10.9 Å². The topological polar surface area (TPSA) is 109 Å². The molecule has 1 aromatic carbocycles. The van der Waals surface area contributed by atoms with Crippen LogP contribution in [-0.4, -0.2) is 41.2 Å². The Labute approximate surface area is 115 Å². The van der Waals surface area contributed by atoms with Crippen LogP contribution in [0.2, 0.25) is 0 Å². The number of carbonyl (C=O) groups excluding carboxylic acids is 1. The Morgan fingerprint density at radius 1 is 1.45 bits per heavy atom. The third kappa shape index (κ3) is 2.27. The number of primary sulfonamides is 1. The van der Waals surface area contributed by atoms with E-state index in [4.69, 9.17) is 5.14 Å². The van der Waals surface area contributed by atoms with Crippen molar-refractivity contribution in [3.8, 4) is 0 Å². The first kappa shape index (κ1) is 13.1. The van der Waals surface area contributed by atoms with Crippen molar-refractivity contribution in [2.45, 2.75) is 18.2 Å². The van der Waals surface area contributed by atoms with E-state index in [-0.39, 0.29) is 18.9 Å². The first-order chi connectivity index (χ1) is 9.45. The number of carbonyl (C=O) groups is 1. The van der Waals surface area contributed by atoms with Crippen LogP contribution in [0.3, 0.4) is 0 Å². The quantitative estimate of drug-likeness (QED) is 0.827. The molecule has 0 saturated carbocycles. The third-order valence-electron chi connectivity index (χ3n) is 3.58. The number of H-pyrrole nitrogens is 1. The highest BCUT2D eigenvalue weighted by molar-refractivity contribution is 7.89. The normalized spacial score (nSPS) is 19.9. The standard InChI is InChI=1S/C12H14N4O3S/c13-20(18,19)9-4-12(17)16(7-9)6-8-2-1-3-11-10(8)5-14-15-11/h1-3,5,9H,4,6-7H2,(H,14,15)(H2,13,18,19). The molecule has 1 fully saturated rings. The Bertz CT molecular complexity index is 768. The average Bonchev–Trinajstić information content (AvgIpc) is 2.96. The fourth-order valence-electron chi connectivity index (χ4n) is 2.48. The number of benzene rings is 1. The smallest absolute Gasteiger partial charge is 0.224 e. The number of nitrogens with two attached hydrogens (primary N) is 1. The fraction of sp³-hybridized carbons (Fsp3) is 0.333. The van der Waals surface area contributed by atoms with Crippen LogP contribution in [0.5, 0.6) is 0 Å². The van der Waals surface area contributed by atoms with Gasteiger partial charge in [-0.15, -0.1) is 0 Å². The summed E-state index contributed by atoms with van der Waals surface area (Å²) in [5.41, 5.74) is 1.82. The van der Waals surface area contributed by atoms with E-state index in [9.17, 15) is 13.2 Å². The molecule has 1 saturated heterocycles. The molecular weight excluding hydrogens is 280 g/mol. The zero-order valence-electron chi connectivity index (χ0n) is 10.6. The fourth-order valence-corrected chi connectivity index (χ4v) is 3.24. The minimum absolute atomic E-state index is 0.0415. The lowest BCUT2D eigenvalue weighted by Crippen LogP contribution is -2.31. The molecule has 7 nitrogen and oxygen atoms in total. The molecule has 1 unspecified atom stereocenters. The van der Waals surface area contributed by atoms with E-state index in [1.165, 1.54) is 4.90 Å². The molecule has 2 heterocycles. The number of amides is 1. The van der Waals surface area contributed by atoms with Crippen molar-refractivity contribution in [1.82, 2.24) is 15.1 Å². The van der Waals surface area contributed by atoms with E-state index in [1.807, 2.05) is 18.2 Å². The lowest BCUT2D eigenvalue weighted by atomic mass is 10.1. The maximum Gasteiger partial charge on any atom is 0.224 e. The summed E-state index contributed by atoms with van der Waals surface area (Å²) in [7, 11) is -3.67. The highest BCUT2D eigenvalue weighted by Crippen LogP contribution is 2.22. The van der Waals surface area contributed by atoms with Crippen LogP contribution in [0, 0.1) is 0 Å². The number of fused-ring (bicyclic) bond motifs is 1. The van der Waals surface area contributed by atoms with Gasteiger partial charge >= 0.3 is 0 Å². The van der Waals surface area contributed by atoms with Crippen molar-refractivity contribution in [2.24, 2.45) is 5.14 Å². The predicted molar refractivity (Wildman–Crippen MR) is 73.0 cm³/mol. The molecule has 0 spiro atoms. The van der Waals surface area contributed by atoms with Crippen molar-refractivity contribution in [1.29, 1.82) is 0 Å². The summed E-state index contributed by atoms with van der Waals surface area (Å²) in [6.45, 7) is 0.508. The summed E-state index contributed by atoms with van der Waals surface area (Å²) >= 11 is 0. The minimum Gasteiger partial charge on any atom is -0.337 e. The van der Waals surface area contributed by atoms with Gasteiger partial charge in [0, 0.05) is 24.9 Å². The molecule has 8 heteroatoms. The highest BCUT2D eigenvalue weighted by Gasteiger charge is 2.36. The first-order valence-electron chi connectivity index (χ1n) is 6.15. The lowest BCUT2D eigenvalue weighted by molar-refractivity contribution is -0.128. The second-order valence-corrected chi connectivity index (χ2v) is 6.78. The van der Waals surface area contributed by atoms with Gasteiger partial charge in [0.25, 0.3) is 0 Å². The van der Waals surface area contributed by atoms with Crippen molar-refractivity contribution >= 4 is 26.8 Å². The molecule has 2 aromatic rings. The van der Waals surface area contributed by atoms with Crippen molar-refractivity contribution < 1.29 is 13.2 Å². The van der Waals surface area contributed by atoms with Gasteiger partial charge in [0.15, 0.2) is 0 Å². The average molecular weight is 294 g/mol. The highest BCUT2D eigenvalue weighted by atomic mass is 32.2. The maximum atomic E-state index is 11.9. The van der Waals surface area contributed by atoms with Crippen LogP contribution in [0.1, 0.15) is 12.0 Å². The Balaban J connectivity index is 1.85. The first-order valence-corrected chi connectivity index (χ1v) is 7.76. The van der Waals surface area contributed by atoms with Crippen molar-refractivity contribution in [2.75, 3.05) is 6.54 Å². The largest absolute Gasteiger partial charge is 0.337 e. The van der Waals surface area contributed by atoms with Gasteiger partial charge in [-0.1, -0.05) is 12.1 Å². The van der Waals surface area contributed by atoms with Gasteiger partial charge in [-0.25, -0.2) is 13.6 Å². The lowest BCUT2D eigenvalue weighted by Gasteiger charge is -2.16. The third-order valence-corrected chi connectivity index (χ3v) is 4.82. The SMILES string of the molecule is NS(=O)(=O)C1CC(=O)N(Cc2cccc3[nH]ncc23)C1. The molecule has 20 heavy (non-hydrogen) atoms. The molecule has 3 N–H and O–H groups in total. The van der Waals surface area contributed by atoms with Crippen LogP contribution in [0.15, 0.2) is 24.4 Å². The van der Waals surface area contributed by atoms with Gasteiger partial charge in [0.2, 0.25) is 15.9 Å². The molecular formula is C12H14N4O3S. The molecule has 1 aliphatic heterocycles. The van der Waals surface area contributed by atoms with Crippen molar-refractivity contribution in [3.63, 3.8) is 0 Å². The van der Waals surface area contributed by atoms with Gasteiger partial charge < -0.3 is 4.90 Å². The number of hydrogen-bond acceptors (Lipinski definition) is 4.